The van der Waals surface area contributed by atoms with Gasteiger partial charge in [-0.15, -0.1) is 11.3 Å². The molecule has 0 aliphatic rings. The van der Waals surface area contributed by atoms with Crippen LogP contribution in [0.25, 0.3) is 0 Å². The maximum atomic E-state index is 12.0. The first-order valence-corrected chi connectivity index (χ1v) is 7.94. The number of carbonyl (C=O) groups is 2. The van der Waals surface area contributed by atoms with Crippen molar-refractivity contribution < 1.29 is 14.7 Å². The molecule has 118 valence electrons. The van der Waals surface area contributed by atoms with Crippen LogP contribution in [-0.4, -0.2) is 28.0 Å². The van der Waals surface area contributed by atoms with Crippen LogP contribution in [0, 0.1) is 5.92 Å². The van der Waals surface area contributed by atoms with Gasteiger partial charge in [0.25, 0.3) is 0 Å². The molecule has 1 aromatic heterocycles. The zero-order chi connectivity index (χ0) is 16.2. The highest BCUT2D eigenvalue weighted by atomic mass is 32.1. The number of rotatable bonds is 6. The minimum atomic E-state index is -0.995. The number of carboxylic acid groups (broad SMARTS) is 1. The Kier molecular flexibility index (Phi) is 5.89. The zero-order valence-electron chi connectivity index (χ0n) is 13.3. The fraction of sp³-hybridized carbons (Fsp3) is 0.667. The van der Waals surface area contributed by atoms with Gasteiger partial charge >= 0.3 is 5.97 Å². The van der Waals surface area contributed by atoms with E-state index in [0.717, 1.165) is 5.01 Å². The number of amides is 1. The van der Waals surface area contributed by atoms with E-state index in [1.807, 2.05) is 19.2 Å². The van der Waals surface area contributed by atoms with E-state index in [1.54, 1.807) is 0 Å². The number of hydrogen-bond donors (Lipinski definition) is 2. The van der Waals surface area contributed by atoms with Crippen molar-refractivity contribution in [3.05, 3.63) is 16.1 Å². The van der Waals surface area contributed by atoms with Crippen molar-refractivity contribution in [1.82, 2.24) is 10.3 Å². The minimum Gasteiger partial charge on any atom is -0.480 e. The summed E-state index contributed by atoms with van der Waals surface area (Å²) < 4.78 is 0. The van der Waals surface area contributed by atoms with Gasteiger partial charge in [0.15, 0.2) is 0 Å². The van der Waals surface area contributed by atoms with E-state index >= 15 is 0 Å². The summed E-state index contributed by atoms with van der Waals surface area (Å²) in [5.41, 5.74) is 0.650. The van der Waals surface area contributed by atoms with Gasteiger partial charge in [-0.2, -0.15) is 0 Å². The molecule has 2 N–H and O–H groups in total. The summed E-state index contributed by atoms with van der Waals surface area (Å²) >= 11 is 1.53. The fourth-order valence-corrected chi connectivity index (χ4v) is 2.74. The van der Waals surface area contributed by atoms with E-state index in [0.29, 0.717) is 12.1 Å². The molecule has 21 heavy (non-hydrogen) atoms. The number of aromatic nitrogens is 1. The second kappa shape index (κ2) is 7.02. The average Bonchev–Trinajstić information content (AvgIpc) is 2.75. The molecule has 0 aromatic carbocycles. The molecule has 0 fully saturated rings. The lowest BCUT2D eigenvalue weighted by molar-refractivity contribution is -0.142. The van der Waals surface area contributed by atoms with E-state index in [1.165, 1.54) is 11.3 Å². The van der Waals surface area contributed by atoms with Crippen molar-refractivity contribution in [2.75, 3.05) is 0 Å². The van der Waals surface area contributed by atoms with Gasteiger partial charge in [0.05, 0.1) is 17.1 Å². The minimum absolute atomic E-state index is 0.0410. The van der Waals surface area contributed by atoms with Gasteiger partial charge < -0.3 is 10.4 Å². The number of carboxylic acids is 1. The maximum Gasteiger partial charge on any atom is 0.326 e. The normalized spacial score (nSPS) is 13.2. The molecule has 1 aromatic rings. The van der Waals surface area contributed by atoms with Crippen molar-refractivity contribution in [2.24, 2.45) is 5.92 Å². The SMILES string of the molecule is CC(C)C[C@H](NC(=O)Cc1csc(C(C)(C)C)n1)C(=O)O. The molecule has 0 saturated carbocycles. The lowest BCUT2D eigenvalue weighted by atomic mass is 9.98. The van der Waals surface area contributed by atoms with Gasteiger partial charge in [0.2, 0.25) is 5.91 Å². The maximum absolute atomic E-state index is 12.0. The van der Waals surface area contributed by atoms with Crippen LogP contribution in [0.2, 0.25) is 0 Å². The van der Waals surface area contributed by atoms with Gasteiger partial charge in [0, 0.05) is 10.8 Å². The molecule has 1 atom stereocenters. The Morgan fingerprint density at radius 3 is 2.43 bits per heavy atom. The van der Waals surface area contributed by atoms with Crippen LogP contribution >= 0.6 is 11.3 Å². The lowest BCUT2D eigenvalue weighted by Crippen LogP contribution is -2.42. The topological polar surface area (TPSA) is 79.3 Å². The molecule has 1 rings (SSSR count). The highest BCUT2D eigenvalue weighted by Gasteiger charge is 2.22. The van der Waals surface area contributed by atoms with Crippen LogP contribution < -0.4 is 5.32 Å². The molecule has 6 heteroatoms. The molecule has 5 nitrogen and oxygen atoms in total. The molecule has 1 amide bonds. The van der Waals surface area contributed by atoms with Crippen LogP contribution in [-0.2, 0) is 21.4 Å². The second-order valence-electron chi connectivity index (χ2n) is 6.66. The van der Waals surface area contributed by atoms with Crippen LogP contribution in [0.4, 0.5) is 0 Å². The highest BCUT2D eigenvalue weighted by Crippen LogP contribution is 2.25. The number of hydrogen-bond acceptors (Lipinski definition) is 4. The number of aliphatic carboxylic acids is 1. The Labute approximate surface area is 129 Å². The first-order valence-electron chi connectivity index (χ1n) is 7.06. The van der Waals surface area contributed by atoms with Gasteiger partial charge in [-0.3, -0.25) is 4.79 Å². The summed E-state index contributed by atoms with van der Waals surface area (Å²) in [6, 6.07) is -0.835. The van der Waals surface area contributed by atoms with Crippen LogP contribution in [0.1, 0.15) is 51.7 Å². The van der Waals surface area contributed by atoms with Crippen molar-refractivity contribution in [2.45, 2.75) is 58.9 Å². The first-order chi connectivity index (χ1) is 9.59. The van der Waals surface area contributed by atoms with Gasteiger partial charge in [0.1, 0.15) is 6.04 Å². The molecule has 0 aliphatic carbocycles. The average molecular weight is 312 g/mol. The van der Waals surface area contributed by atoms with Gasteiger partial charge in [-0.25, -0.2) is 9.78 Å². The molecule has 0 radical (unpaired) electrons. The van der Waals surface area contributed by atoms with Crippen LogP contribution in [0.5, 0.6) is 0 Å². The summed E-state index contributed by atoms with van der Waals surface area (Å²) in [6.07, 6.45) is 0.542. The van der Waals surface area contributed by atoms with Crippen LogP contribution in [0.3, 0.4) is 0 Å². The lowest BCUT2D eigenvalue weighted by Gasteiger charge is -2.16. The summed E-state index contributed by atoms with van der Waals surface area (Å²) in [7, 11) is 0. The zero-order valence-corrected chi connectivity index (χ0v) is 14.1. The Hall–Kier alpha value is -1.43. The Morgan fingerprint density at radius 2 is 2.00 bits per heavy atom. The monoisotopic (exact) mass is 312 g/mol. The number of nitrogens with one attached hydrogen (secondary N) is 1. The summed E-state index contributed by atoms with van der Waals surface area (Å²) in [5, 5.41) is 14.5. The third kappa shape index (κ3) is 5.83. The Bertz CT molecular complexity index is 503. The molecule has 0 bridgehead atoms. The molecular formula is C15H24N2O3S. The largest absolute Gasteiger partial charge is 0.480 e. The predicted molar refractivity (Wildman–Crippen MR) is 83.5 cm³/mol. The van der Waals surface area contributed by atoms with E-state index in [2.05, 4.69) is 31.1 Å². The molecular weight excluding hydrogens is 288 g/mol. The molecule has 0 spiro atoms. The van der Waals surface area contributed by atoms with Crippen molar-refractivity contribution in [1.29, 1.82) is 0 Å². The third-order valence-electron chi connectivity index (χ3n) is 2.88. The number of nitrogens with zero attached hydrogens (tertiary/aromatic N) is 1. The first kappa shape index (κ1) is 17.6. The molecule has 0 saturated heterocycles. The molecule has 0 unspecified atom stereocenters. The standard InChI is InChI=1S/C15H24N2O3S/c1-9(2)6-11(13(19)20)17-12(18)7-10-8-21-14(16-10)15(3,4)5/h8-9,11H,6-7H2,1-5H3,(H,17,18)(H,19,20)/t11-/m0/s1. The second-order valence-corrected chi connectivity index (χ2v) is 7.52. The van der Waals surface area contributed by atoms with Gasteiger partial charge in [-0.1, -0.05) is 34.6 Å². The van der Waals surface area contributed by atoms with E-state index in [-0.39, 0.29) is 23.7 Å². The number of thiazole rings is 1. The van der Waals surface area contributed by atoms with Crippen molar-refractivity contribution in [3.63, 3.8) is 0 Å². The third-order valence-corrected chi connectivity index (χ3v) is 4.19. The summed E-state index contributed by atoms with van der Waals surface area (Å²) in [5.74, 6) is -1.09. The van der Waals surface area contributed by atoms with Crippen LogP contribution in [0.15, 0.2) is 5.38 Å². The van der Waals surface area contributed by atoms with Crippen molar-refractivity contribution >= 4 is 23.2 Å². The smallest absolute Gasteiger partial charge is 0.326 e. The molecule has 0 aliphatic heterocycles. The molecule has 1 heterocycles. The predicted octanol–water partition coefficient (Wildman–Crippen LogP) is 2.60. The fourth-order valence-electron chi connectivity index (χ4n) is 1.84. The summed E-state index contributed by atoms with van der Waals surface area (Å²) in [6.45, 7) is 10.1. The highest BCUT2D eigenvalue weighted by molar-refractivity contribution is 7.09. The van der Waals surface area contributed by atoms with E-state index < -0.39 is 12.0 Å². The van der Waals surface area contributed by atoms with Crippen molar-refractivity contribution in [3.8, 4) is 0 Å². The number of carbonyl (C=O) groups excluding carboxylic acids is 1. The van der Waals surface area contributed by atoms with E-state index in [9.17, 15) is 9.59 Å². The summed E-state index contributed by atoms with van der Waals surface area (Å²) in [4.78, 5) is 27.5. The van der Waals surface area contributed by atoms with Gasteiger partial charge in [-0.05, 0) is 12.3 Å². The van der Waals surface area contributed by atoms with E-state index in [4.69, 9.17) is 5.11 Å². The Morgan fingerprint density at radius 1 is 1.38 bits per heavy atom. The Balaban J connectivity index is 2.64. The quantitative estimate of drug-likeness (QED) is 0.846.